The van der Waals surface area contributed by atoms with Crippen molar-refractivity contribution in [3.05, 3.63) is 106 Å². The van der Waals surface area contributed by atoms with Gasteiger partial charge in [-0.05, 0) is 156 Å². The second-order valence-electron chi connectivity index (χ2n) is 22.4. The van der Waals surface area contributed by atoms with E-state index < -0.39 is 11.6 Å². The zero-order valence-electron chi connectivity index (χ0n) is 47.0. The number of aromatic nitrogens is 4. The van der Waals surface area contributed by atoms with Crippen molar-refractivity contribution in [3.63, 3.8) is 0 Å². The Kier molecular flexibility index (Phi) is 18.8. The highest BCUT2D eigenvalue weighted by atomic mass is 16.6. The van der Waals surface area contributed by atoms with Crippen molar-refractivity contribution in [2.75, 3.05) is 63.3 Å². The first kappa shape index (κ1) is 56.3. The molecule has 2 saturated heterocycles. The summed E-state index contributed by atoms with van der Waals surface area (Å²) in [5.41, 5.74) is 13.0. The Balaban J connectivity index is 0.000000191. The summed E-state index contributed by atoms with van der Waals surface area (Å²) in [6.07, 6.45) is 12.2. The van der Waals surface area contributed by atoms with Crippen LogP contribution in [0, 0.1) is 0 Å². The molecule has 16 heteroatoms. The first-order chi connectivity index (χ1) is 37.8. The van der Waals surface area contributed by atoms with Gasteiger partial charge in [-0.1, -0.05) is 48.4 Å². The zero-order valence-corrected chi connectivity index (χ0v) is 47.0. The number of methoxy groups -OCH3 is 2. The number of carboxylic acid groups (broad SMARTS) is 1. The standard InChI is InChI=1S/C33H44N4O4.C29H36N4O4/c1-6-28-9-7-8-16-37(28)29-13-12-25(20-27(29)22-39-5)32-34-31(35-41-32)24-11-10-23-14-17-36(21-26(23)19-24)18-15-30(38)40-33(2,3)4;1-3-25-6-4-5-13-33(25)26-10-9-22(17-24(26)19-36-2)29-30-28(31-37-29)21-8-7-20-11-14-32(15-12-27(34)35)18-23(20)16-21/h10-13,19-20,28H,6-9,14-18,21-22H2,1-5H3;7-10,16-17,25H,3-6,11-15,18-19H2,1-2H3,(H,34,35). The monoisotopic (exact) mass is 1060 g/mol. The third-order valence-electron chi connectivity index (χ3n) is 15.7. The molecule has 1 N–H and O–H groups in total. The molecule has 0 spiro atoms. The first-order valence-corrected chi connectivity index (χ1v) is 28.4. The largest absolute Gasteiger partial charge is 0.481 e. The highest BCUT2D eigenvalue weighted by Crippen LogP contribution is 2.36. The van der Waals surface area contributed by atoms with Crippen LogP contribution >= 0.6 is 0 Å². The van der Waals surface area contributed by atoms with Crippen LogP contribution in [0.1, 0.15) is 132 Å². The number of rotatable bonds is 18. The van der Waals surface area contributed by atoms with Crippen LogP contribution in [0.3, 0.4) is 0 Å². The summed E-state index contributed by atoms with van der Waals surface area (Å²) in [7, 11) is 3.47. The fraction of sp³-hybridized carbons (Fsp3) is 0.516. The lowest BCUT2D eigenvalue weighted by atomic mass is 9.97. The van der Waals surface area contributed by atoms with Gasteiger partial charge in [0.2, 0.25) is 11.6 Å². The Morgan fingerprint density at radius 2 is 1.06 bits per heavy atom. The maximum Gasteiger partial charge on any atom is 0.307 e. The van der Waals surface area contributed by atoms with Crippen LogP contribution < -0.4 is 9.80 Å². The van der Waals surface area contributed by atoms with Crippen molar-refractivity contribution >= 4 is 23.3 Å². The smallest absolute Gasteiger partial charge is 0.307 e. The number of hydrogen-bond acceptors (Lipinski definition) is 15. The zero-order chi connectivity index (χ0) is 54.8. The van der Waals surface area contributed by atoms with Gasteiger partial charge in [0.05, 0.1) is 26.1 Å². The molecule has 0 amide bonds. The molecular formula is C62H80N8O8. The minimum atomic E-state index is -0.762. The number of carbonyl (C=O) groups is 2. The first-order valence-electron chi connectivity index (χ1n) is 28.4. The minimum absolute atomic E-state index is 0.154. The van der Waals surface area contributed by atoms with Gasteiger partial charge in [-0.2, -0.15) is 9.97 Å². The number of esters is 1. The highest BCUT2D eigenvalue weighted by molar-refractivity contribution is 5.71. The fourth-order valence-corrected chi connectivity index (χ4v) is 11.7. The van der Waals surface area contributed by atoms with E-state index in [9.17, 15) is 9.59 Å². The number of anilines is 2. The normalized spacial score (nSPS) is 18.0. The lowest BCUT2D eigenvalue weighted by Crippen LogP contribution is -2.39. The molecule has 0 bridgehead atoms. The summed E-state index contributed by atoms with van der Waals surface area (Å²) in [6, 6.07) is 26.6. The number of piperidine rings is 2. The fourth-order valence-electron chi connectivity index (χ4n) is 11.7. The molecule has 6 aromatic rings. The Labute approximate surface area is 460 Å². The number of benzene rings is 4. The van der Waals surface area contributed by atoms with E-state index in [0.717, 1.165) is 98.3 Å². The maximum atomic E-state index is 12.2. The van der Waals surface area contributed by atoms with E-state index in [1.54, 1.807) is 14.2 Å². The molecule has 16 nitrogen and oxygen atoms in total. The number of ether oxygens (including phenoxy) is 3. The SMILES string of the molecule is CCC1CCCCN1c1ccc(-c2nc(-c3ccc4c(c3)CN(CCC(=O)O)CC4)no2)cc1COC.CCC1CCCCN1c1ccc(-c2nc(-c3ccc4c(c3)CN(CCC(=O)OC(C)(C)C)CC4)no2)cc1COC. The van der Waals surface area contributed by atoms with Gasteiger partial charge in [-0.25, -0.2) is 0 Å². The molecule has 10 rings (SSSR count). The molecule has 4 aliphatic rings. The van der Waals surface area contributed by atoms with Crippen LogP contribution in [0.15, 0.2) is 81.8 Å². The van der Waals surface area contributed by atoms with E-state index in [-0.39, 0.29) is 12.4 Å². The van der Waals surface area contributed by atoms with Gasteiger partial charge in [0.1, 0.15) is 5.60 Å². The van der Waals surface area contributed by atoms with Gasteiger partial charge < -0.3 is 38.2 Å². The van der Waals surface area contributed by atoms with E-state index in [0.29, 0.717) is 68.2 Å². The predicted molar refractivity (Wildman–Crippen MR) is 303 cm³/mol. The van der Waals surface area contributed by atoms with E-state index in [2.05, 4.69) is 110 Å². The average Bonchev–Trinajstić information content (AvgIpc) is 4.16. The van der Waals surface area contributed by atoms with Crippen LogP contribution in [-0.4, -0.2) is 118 Å². The quantitative estimate of drug-likeness (QED) is 0.0805. The minimum Gasteiger partial charge on any atom is -0.481 e. The highest BCUT2D eigenvalue weighted by Gasteiger charge is 2.27. The number of carboxylic acids is 1. The van der Waals surface area contributed by atoms with Crippen LogP contribution in [-0.2, 0) is 62.9 Å². The van der Waals surface area contributed by atoms with E-state index >= 15 is 0 Å². The molecule has 0 radical (unpaired) electrons. The Hall–Kier alpha value is -6.46. The van der Waals surface area contributed by atoms with Gasteiger partial charge in [-0.15, -0.1) is 0 Å². The molecule has 416 valence electrons. The van der Waals surface area contributed by atoms with Crippen molar-refractivity contribution in [1.29, 1.82) is 0 Å². The Morgan fingerprint density at radius 3 is 1.50 bits per heavy atom. The molecule has 0 aliphatic carbocycles. The van der Waals surface area contributed by atoms with Gasteiger partial charge in [-0.3, -0.25) is 19.4 Å². The van der Waals surface area contributed by atoms with E-state index in [1.165, 1.54) is 72.2 Å². The average molecular weight is 1070 g/mol. The van der Waals surface area contributed by atoms with Crippen molar-refractivity contribution in [2.24, 2.45) is 0 Å². The van der Waals surface area contributed by atoms with Crippen LogP contribution in [0.5, 0.6) is 0 Å². The van der Waals surface area contributed by atoms with Gasteiger partial charge >= 0.3 is 11.9 Å². The molecule has 2 unspecified atom stereocenters. The topological polar surface area (TPSA) is 173 Å². The molecule has 2 atom stereocenters. The summed E-state index contributed by atoms with van der Waals surface area (Å²) < 4.78 is 28.1. The molecule has 78 heavy (non-hydrogen) atoms. The molecule has 4 aliphatic heterocycles. The van der Waals surface area contributed by atoms with Crippen molar-refractivity contribution in [2.45, 2.75) is 156 Å². The summed E-state index contributed by atoms with van der Waals surface area (Å²) in [6.45, 7) is 18.0. The van der Waals surface area contributed by atoms with Crippen LogP contribution in [0.4, 0.5) is 11.4 Å². The number of carbonyl (C=O) groups excluding carboxylic acids is 1. The summed E-state index contributed by atoms with van der Waals surface area (Å²) in [5.74, 6) is 1.21. The predicted octanol–water partition coefficient (Wildman–Crippen LogP) is 11.6. The molecule has 6 heterocycles. The summed E-state index contributed by atoms with van der Waals surface area (Å²) >= 11 is 0. The van der Waals surface area contributed by atoms with Gasteiger partial charge in [0.25, 0.3) is 11.8 Å². The summed E-state index contributed by atoms with van der Waals surface area (Å²) in [4.78, 5) is 42.3. The number of aliphatic carboxylic acids is 1. The Morgan fingerprint density at radius 1 is 0.603 bits per heavy atom. The number of nitrogens with zero attached hydrogens (tertiary/aromatic N) is 8. The molecule has 4 aromatic carbocycles. The molecule has 0 saturated carbocycles. The van der Waals surface area contributed by atoms with Crippen LogP contribution in [0.2, 0.25) is 0 Å². The number of fused-ring (bicyclic) bond motifs is 2. The third kappa shape index (κ3) is 14.0. The third-order valence-corrected chi connectivity index (χ3v) is 15.7. The summed E-state index contributed by atoms with van der Waals surface area (Å²) in [5, 5.41) is 17.6. The van der Waals surface area contributed by atoms with Crippen molar-refractivity contribution < 1.29 is 38.0 Å². The van der Waals surface area contributed by atoms with E-state index in [1.807, 2.05) is 26.8 Å². The van der Waals surface area contributed by atoms with Gasteiger partial charge in [0, 0.05) is 123 Å². The molecule has 2 aromatic heterocycles. The lowest BCUT2D eigenvalue weighted by Gasteiger charge is -2.38. The Bertz CT molecular complexity index is 2980. The van der Waals surface area contributed by atoms with E-state index in [4.69, 9.17) is 38.3 Å². The van der Waals surface area contributed by atoms with Crippen molar-refractivity contribution in [3.8, 4) is 45.7 Å². The molecule has 2 fully saturated rings. The second kappa shape index (κ2) is 26.0. The van der Waals surface area contributed by atoms with Crippen molar-refractivity contribution in [1.82, 2.24) is 30.1 Å². The molecular weight excluding hydrogens is 985 g/mol. The second-order valence-corrected chi connectivity index (χ2v) is 22.4. The van der Waals surface area contributed by atoms with Crippen LogP contribution in [0.25, 0.3) is 45.7 Å². The number of hydrogen-bond donors (Lipinski definition) is 1. The maximum absolute atomic E-state index is 12.2. The lowest BCUT2D eigenvalue weighted by molar-refractivity contribution is -0.155. The van der Waals surface area contributed by atoms with Gasteiger partial charge in [0.15, 0.2) is 0 Å².